The molecule has 0 spiro atoms. The van der Waals surface area contributed by atoms with Gasteiger partial charge in [0.2, 0.25) is 5.91 Å². The first-order valence-electron chi connectivity index (χ1n) is 11.3. The van der Waals surface area contributed by atoms with Crippen molar-refractivity contribution in [1.29, 1.82) is 0 Å². The van der Waals surface area contributed by atoms with Gasteiger partial charge in [0.1, 0.15) is 5.82 Å². The largest absolute Gasteiger partial charge is 0.325 e. The average Bonchev–Trinajstić information content (AvgIpc) is 3.05. The smallest absolute Gasteiger partial charge is 0.225 e. The van der Waals surface area contributed by atoms with Crippen LogP contribution in [0.5, 0.6) is 0 Å². The highest BCUT2D eigenvalue weighted by Gasteiger charge is 2.17. The minimum absolute atomic E-state index is 0.0286. The van der Waals surface area contributed by atoms with Crippen molar-refractivity contribution in [2.75, 3.05) is 38.0 Å². The molecule has 5 heteroatoms. The standard InChI is InChI=1S/C27H30FN3O/c28-25-13-6-4-11-23(25)21-31-17-8-16-30(19-20-31)18-15-27(32)29-26-14-7-5-12-24(26)22-9-2-1-3-10-22/h1-7,9-14H,8,15-21H2,(H,29,32). The molecule has 32 heavy (non-hydrogen) atoms. The zero-order valence-corrected chi connectivity index (χ0v) is 18.3. The molecular formula is C27H30FN3O. The molecule has 1 N–H and O–H groups in total. The van der Waals surface area contributed by atoms with Gasteiger partial charge >= 0.3 is 0 Å². The Balaban J connectivity index is 1.28. The summed E-state index contributed by atoms with van der Waals surface area (Å²) >= 11 is 0. The predicted molar refractivity (Wildman–Crippen MR) is 128 cm³/mol. The van der Waals surface area contributed by atoms with Crippen LogP contribution in [0.1, 0.15) is 18.4 Å². The lowest BCUT2D eigenvalue weighted by molar-refractivity contribution is -0.116. The van der Waals surface area contributed by atoms with E-state index in [1.54, 1.807) is 6.07 Å². The predicted octanol–water partition coefficient (Wildman–Crippen LogP) is 5.03. The number of rotatable bonds is 7. The molecule has 166 valence electrons. The van der Waals surface area contributed by atoms with Gasteiger partial charge < -0.3 is 10.2 Å². The summed E-state index contributed by atoms with van der Waals surface area (Å²) < 4.78 is 14.0. The number of hydrogen-bond acceptors (Lipinski definition) is 3. The molecule has 1 fully saturated rings. The van der Waals surface area contributed by atoms with Crippen LogP contribution in [0.25, 0.3) is 11.1 Å². The Kier molecular flexibility index (Phi) is 7.64. The van der Waals surface area contributed by atoms with Gasteiger partial charge in [-0.05, 0) is 37.2 Å². The van der Waals surface area contributed by atoms with E-state index in [0.29, 0.717) is 13.0 Å². The van der Waals surface area contributed by atoms with Crippen molar-refractivity contribution in [3.8, 4) is 11.1 Å². The van der Waals surface area contributed by atoms with Crippen LogP contribution in [-0.2, 0) is 11.3 Å². The minimum atomic E-state index is -0.138. The molecule has 1 aliphatic heterocycles. The zero-order valence-electron chi connectivity index (χ0n) is 18.3. The van der Waals surface area contributed by atoms with Crippen LogP contribution >= 0.6 is 0 Å². The number of halogens is 1. The summed E-state index contributed by atoms with van der Waals surface area (Å²) in [6.07, 6.45) is 1.48. The van der Waals surface area contributed by atoms with Crippen LogP contribution in [0.4, 0.5) is 10.1 Å². The van der Waals surface area contributed by atoms with E-state index in [1.807, 2.05) is 54.6 Å². The van der Waals surface area contributed by atoms with E-state index in [-0.39, 0.29) is 11.7 Å². The van der Waals surface area contributed by atoms with Gasteiger partial charge in [-0.3, -0.25) is 9.69 Å². The van der Waals surface area contributed by atoms with Gasteiger partial charge in [0.05, 0.1) is 0 Å². The molecular weight excluding hydrogens is 401 g/mol. The van der Waals surface area contributed by atoms with Crippen molar-refractivity contribution in [2.45, 2.75) is 19.4 Å². The third-order valence-electron chi connectivity index (χ3n) is 5.97. The van der Waals surface area contributed by atoms with E-state index in [0.717, 1.165) is 61.5 Å². The number of nitrogens with one attached hydrogen (secondary N) is 1. The van der Waals surface area contributed by atoms with Gasteiger partial charge in [-0.25, -0.2) is 4.39 Å². The second-order valence-electron chi connectivity index (χ2n) is 8.27. The molecule has 1 aliphatic rings. The maximum Gasteiger partial charge on any atom is 0.225 e. The molecule has 4 rings (SSSR count). The van der Waals surface area contributed by atoms with Crippen molar-refractivity contribution in [3.63, 3.8) is 0 Å². The van der Waals surface area contributed by atoms with Gasteiger partial charge in [-0.1, -0.05) is 66.7 Å². The number of benzene rings is 3. The van der Waals surface area contributed by atoms with E-state index in [4.69, 9.17) is 0 Å². The van der Waals surface area contributed by atoms with E-state index in [2.05, 4.69) is 27.2 Å². The van der Waals surface area contributed by atoms with Crippen LogP contribution in [0, 0.1) is 5.82 Å². The van der Waals surface area contributed by atoms with Gasteiger partial charge in [0, 0.05) is 49.4 Å². The number of para-hydroxylation sites is 1. The topological polar surface area (TPSA) is 35.6 Å². The summed E-state index contributed by atoms with van der Waals surface area (Å²) in [5.41, 5.74) is 3.71. The van der Waals surface area contributed by atoms with E-state index < -0.39 is 0 Å². The van der Waals surface area contributed by atoms with Crippen molar-refractivity contribution < 1.29 is 9.18 Å². The second kappa shape index (κ2) is 11.0. The fourth-order valence-electron chi connectivity index (χ4n) is 4.21. The fraction of sp³-hybridized carbons (Fsp3) is 0.296. The number of amides is 1. The summed E-state index contributed by atoms with van der Waals surface area (Å²) in [7, 11) is 0. The Hall–Kier alpha value is -3.02. The second-order valence-corrected chi connectivity index (χ2v) is 8.27. The monoisotopic (exact) mass is 431 g/mol. The SMILES string of the molecule is O=C(CCN1CCCN(Cc2ccccc2F)CC1)Nc1ccccc1-c1ccccc1. The highest BCUT2D eigenvalue weighted by Crippen LogP contribution is 2.27. The number of hydrogen-bond donors (Lipinski definition) is 1. The van der Waals surface area contributed by atoms with Crippen LogP contribution in [-0.4, -0.2) is 48.4 Å². The molecule has 0 aliphatic carbocycles. The first-order valence-corrected chi connectivity index (χ1v) is 11.3. The summed E-state index contributed by atoms with van der Waals surface area (Å²) in [5, 5.41) is 3.09. The summed E-state index contributed by atoms with van der Waals surface area (Å²) in [5.74, 6) is -0.109. The first kappa shape index (κ1) is 22.2. The minimum Gasteiger partial charge on any atom is -0.325 e. The number of anilines is 1. The lowest BCUT2D eigenvalue weighted by atomic mass is 10.0. The maximum atomic E-state index is 14.0. The Bertz CT molecular complexity index is 1020. The Labute approximate surface area is 189 Å². The molecule has 0 saturated carbocycles. The van der Waals surface area contributed by atoms with Crippen LogP contribution < -0.4 is 5.32 Å². The summed E-state index contributed by atoms with van der Waals surface area (Å²) in [4.78, 5) is 17.3. The highest BCUT2D eigenvalue weighted by atomic mass is 19.1. The van der Waals surface area contributed by atoms with Crippen LogP contribution in [0.2, 0.25) is 0 Å². The van der Waals surface area contributed by atoms with Crippen LogP contribution in [0.3, 0.4) is 0 Å². The van der Waals surface area contributed by atoms with Gasteiger partial charge in [-0.2, -0.15) is 0 Å². The molecule has 3 aromatic carbocycles. The van der Waals surface area contributed by atoms with Gasteiger partial charge in [-0.15, -0.1) is 0 Å². The van der Waals surface area contributed by atoms with Crippen LogP contribution in [0.15, 0.2) is 78.9 Å². The quantitative estimate of drug-likeness (QED) is 0.570. The maximum absolute atomic E-state index is 14.0. The summed E-state index contributed by atoms with van der Waals surface area (Å²) in [6, 6.07) is 25.0. The van der Waals surface area contributed by atoms with E-state index >= 15 is 0 Å². The van der Waals surface area contributed by atoms with Crippen molar-refractivity contribution in [3.05, 3.63) is 90.2 Å². The third-order valence-corrected chi connectivity index (χ3v) is 5.97. The molecule has 0 radical (unpaired) electrons. The van der Waals surface area contributed by atoms with Crippen molar-refractivity contribution >= 4 is 11.6 Å². The van der Waals surface area contributed by atoms with Crippen molar-refractivity contribution in [2.24, 2.45) is 0 Å². The third kappa shape index (κ3) is 6.02. The molecule has 1 amide bonds. The van der Waals surface area contributed by atoms with Gasteiger partial charge in [0.15, 0.2) is 0 Å². The fourth-order valence-corrected chi connectivity index (χ4v) is 4.21. The molecule has 0 bridgehead atoms. The molecule has 4 nitrogen and oxygen atoms in total. The Morgan fingerprint density at radius 2 is 1.50 bits per heavy atom. The lowest BCUT2D eigenvalue weighted by Crippen LogP contribution is -2.32. The average molecular weight is 432 g/mol. The molecule has 0 aromatic heterocycles. The first-order chi connectivity index (χ1) is 15.7. The van der Waals surface area contributed by atoms with E-state index in [9.17, 15) is 9.18 Å². The Morgan fingerprint density at radius 1 is 0.812 bits per heavy atom. The van der Waals surface area contributed by atoms with Crippen molar-refractivity contribution in [1.82, 2.24) is 9.80 Å². The normalized spacial score (nSPS) is 15.3. The summed E-state index contributed by atoms with van der Waals surface area (Å²) in [6.45, 7) is 5.04. The Morgan fingerprint density at radius 3 is 2.34 bits per heavy atom. The molecule has 0 unspecified atom stereocenters. The zero-order chi connectivity index (χ0) is 22.2. The molecule has 1 heterocycles. The lowest BCUT2D eigenvalue weighted by Gasteiger charge is -2.22. The number of carbonyl (C=O) groups is 1. The molecule has 3 aromatic rings. The van der Waals surface area contributed by atoms with Gasteiger partial charge in [0.25, 0.3) is 0 Å². The molecule has 0 atom stereocenters. The number of nitrogens with zero attached hydrogens (tertiary/aromatic N) is 2. The molecule has 1 saturated heterocycles. The number of carbonyl (C=O) groups excluding carboxylic acids is 1. The van der Waals surface area contributed by atoms with E-state index in [1.165, 1.54) is 6.07 Å². The highest BCUT2D eigenvalue weighted by molar-refractivity contribution is 5.95.